The summed E-state index contributed by atoms with van der Waals surface area (Å²) in [5, 5.41) is 10.0. The smallest absolute Gasteiger partial charge is 0.288 e. The van der Waals surface area contributed by atoms with E-state index in [9.17, 15) is 9.90 Å². The quantitative estimate of drug-likeness (QED) is 0.732. The van der Waals surface area contributed by atoms with Gasteiger partial charge in [-0.3, -0.25) is 4.79 Å². The summed E-state index contributed by atoms with van der Waals surface area (Å²) in [6.07, 6.45) is 2.79. The summed E-state index contributed by atoms with van der Waals surface area (Å²) in [5.41, 5.74) is 1.06. The molecule has 0 radical (unpaired) electrons. The van der Waals surface area contributed by atoms with Crippen molar-refractivity contribution < 1.29 is 19.4 Å². The van der Waals surface area contributed by atoms with E-state index in [1.54, 1.807) is 0 Å². The molecule has 2 aliphatic rings. The standard InChI is InChI=1S/C22H31ClN2O4/c1-3-28-22-18(5-4-14-26)19(16-6-8-17(23)9-7-16)15-20(29-22)21(27)25-12-10-24(2)11-13-25/h6-9,15,18-19,22,26H,3-5,10-14H2,1-2H3/t18-,19+,22+/m0/s1. The van der Waals surface area contributed by atoms with Gasteiger partial charge >= 0.3 is 0 Å². The summed E-state index contributed by atoms with van der Waals surface area (Å²) in [7, 11) is 2.06. The van der Waals surface area contributed by atoms with Crippen molar-refractivity contribution in [1.29, 1.82) is 0 Å². The number of rotatable bonds is 7. The average Bonchev–Trinajstić information content (AvgIpc) is 2.73. The van der Waals surface area contributed by atoms with Crippen LogP contribution in [0.25, 0.3) is 0 Å². The van der Waals surface area contributed by atoms with Crippen LogP contribution in [0.1, 0.15) is 31.2 Å². The van der Waals surface area contributed by atoms with E-state index in [-0.39, 0.29) is 24.3 Å². The summed E-state index contributed by atoms with van der Waals surface area (Å²) in [5.74, 6) is 0.235. The second kappa shape index (κ2) is 10.4. The Morgan fingerprint density at radius 2 is 1.93 bits per heavy atom. The molecule has 2 aliphatic heterocycles. The molecule has 1 amide bonds. The first-order valence-electron chi connectivity index (χ1n) is 10.4. The molecule has 3 rings (SSSR count). The van der Waals surface area contributed by atoms with Gasteiger partial charge in [-0.05, 0) is 50.6 Å². The van der Waals surface area contributed by atoms with E-state index < -0.39 is 6.29 Å². The number of ether oxygens (including phenoxy) is 2. The fraction of sp³-hybridized carbons (Fsp3) is 0.591. The second-order valence-corrected chi connectivity index (χ2v) is 8.11. The number of nitrogens with zero attached hydrogens (tertiary/aromatic N) is 2. The van der Waals surface area contributed by atoms with Crippen LogP contribution in [-0.2, 0) is 14.3 Å². The van der Waals surface area contributed by atoms with Crippen LogP contribution in [0.2, 0.25) is 5.02 Å². The number of carbonyl (C=O) groups is 1. The van der Waals surface area contributed by atoms with Crippen LogP contribution in [0.15, 0.2) is 36.1 Å². The third-order valence-corrected chi connectivity index (χ3v) is 5.92. The highest BCUT2D eigenvalue weighted by Gasteiger charge is 2.39. The van der Waals surface area contributed by atoms with Crippen molar-refractivity contribution >= 4 is 17.5 Å². The van der Waals surface area contributed by atoms with E-state index >= 15 is 0 Å². The van der Waals surface area contributed by atoms with Crippen LogP contribution in [0.5, 0.6) is 0 Å². The highest BCUT2D eigenvalue weighted by molar-refractivity contribution is 6.30. The molecule has 7 heteroatoms. The van der Waals surface area contributed by atoms with Crippen molar-refractivity contribution in [3.63, 3.8) is 0 Å². The number of aliphatic hydroxyl groups excluding tert-OH is 1. The molecule has 3 atom stereocenters. The Morgan fingerprint density at radius 3 is 2.55 bits per heavy atom. The van der Waals surface area contributed by atoms with Crippen molar-refractivity contribution in [2.75, 3.05) is 46.4 Å². The fourth-order valence-corrected chi connectivity index (χ4v) is 4.11. The number of amides is 1. The minimum atomic E-state index is -0.524. The van der Waals surface area contributed by atoms with Crippen molar-refractivity contribution in [1.82, 2.24) is 9.80 Å². The maximum absolute atomic E-state index is 13.2. The predicted molar refractivity (Wildman–Crippen MR) is 113 cm³/mol. The van der Waals surface area contributed by atoms with Gasteiger partial charge in [0.2, 0.25) is 6.29 Å². The summed E-state index contributed by atoms with van der Waals surface area (Å²) in [6.45, 7) is 5.61. The Labute approximate surface area is 178 Å². The van der Waals surface area contributed by atoms with Gasteiger partial charge in [-0.25, -0.2) is 0 Å². The molecule has 0 aliphatic carbocycles. The van der Waals surface area contributed by atoms with E-state index in [4.69, 9.17) is 21.1 Å². The Hall–Kier alpha value is -1.60. The number of hydrogen-bond donors (Lipinski definition) is 1. The third kappa shape index (κ3) is 5.51. The number of carbonyl (C=O) groups excluding carboxylic acids is 1. The lowest BCUT2D eigenvalue weighted by atomic mass is 9.80. The fourth-order valence-electron chi connectivity index (χ4n) is 3.99. The van der Waals surface area contributed by atoms with E-state index in [1.807, 2.05) is 42.2 Å². The van der Waals surface area contributed by atoms with Crippen LogP contribution in [-0.4, -0.2) is 73.5 Å². The number of likely N-dealkylation sites (N-methyl/N-ethyl adjacent to an activating group) is 1. The van der Waals surface area contributed by atoms with Crippen LogP contribution < -0.4 is 0 Å². The van der Waals surface area contributed by atoms with E-state index in [1.165, 1.54) is 0 Å². The molecule has 0 saturated carbocycles. The second-order valence-electron chi connectivity index (χ2n) is 7.68. The molecule has 6 nitrogen and oxygen atoms in total. The van der Waals surface area contributed by atoms with Gasteiger partial charge in [0.1, 0.15) is 0 Å². The summed E-state index contributed by atoms with van der Waals surface area (Å²) in [6, 6.07) is 7.70. The van der Waals surface area contributed by atoms with Gasteiger partial charge in [0.05, 0.1) is 0 Å². The molecule has 1 saturated heterocycles. The zero-order valence-electron chi connectivity index (χ0n) is 17.2. The van der Waals surface area contributed by atoms with Gasteiger partial charge in [-0.2, -0.15) is 0 Å². The molecular weight excluding hydrogens is 392 g/mol. The number of piperazine rings is 1. The topological polar surface area (TPSA) is 62.2 Å². The van der Waals surface area contributed by atoms with Crippen molar-refractivity contribution in [2.45, 2.75) is 32.0 Å². The molecule has 1 N–H and O–H groups in total. The van der Waals surface area contributed by atoms with Crippen LogP contribution in [0.4, 0.5) is 0 Å². The van der Waals surface area contributed by atoms with Crippen molar-refractivity contribution in [3.05, 3.63) is 46.7 Å². The lowest BCUT2D eigenvalue weighted by Gasteiger charge is -2.39. The average molecular weight is 423 g/mol. The van der Waals surface area contributed by atoms with Crippen LogP contribution in [0.3, 0.4) is 0 Å². The largest absolute Gasteiger partial charge is 0.459 e. The first-order valence-corrected chi connectivity index (χ1v) is 10.8. The molecular formula is C22H31ClN2O4. The molecule has 29 heavy (non-hydrogen) atoms. The third-order valence-electron chi connectivity index (χ3n) is 5.67. The number of halogens is 1. The zero-order chi connectivity index (χ0) is 20.8. The first kappa shape index (κ1) is 22.1. The molecule has 1 aromatic carbocycles. The summed E-state index contributed by atoms with van der Waals surface area (Å²) in [4.78, 5) is 17.2. The van der Waals surface area contributed by atoms with E-state index in [2.05, 4.69) is 11.9 Å². The van der Waals surface area contributed by atoms with Crippen molar-refractivity contribution in [2.24, 2.45) is 5.92 Å². The minimum absolute atomic E-state index is 0.00677. The molecule has 2 heterocycles. The number of benzene rings is 1. The lowest BCUT2D eigenvalue weighted by molar-refractivity contribution is -0.170. The SMILES string of the molecule is CCO[C@@H]1OC(C(=O)N2CCN(C)CC2)=C[C@H](c2ccc(Cl)cc2)[C@@H]1CCCO. The number of aliphatic hydroxyl groups is 1. The van der Waals surface area contributed by atoms with Gasteiger partial charge < -0.3 is 24.4 Å². The Balaban J connectivity index is 1.90. The molecule has 160 valence electrons. The van der Waals surface area contributed by atoms with Gasteiger partial charge in [-0.1, -0.05) is 23.7 Å². The minimum Gasteiger partial charge on any atom is -0.459 e. The Kier molecular flexibility index (Phi) is 7.95. The molecule has 0 unspecified atom stereocenters. The van der Waals surface area contributed by atoms with Crippen molar-refractivity contribution in [3.8, 4) is 0 Å². The van der Waals surface area contributed by atoms with E-state index in [0.717, 1.165) is 25.1 Å². The zero-order valence-corrected chi connectivity index (χ0v) is 18.0. The number of allylic oxidation sites excluding steroid dienone is 1. The van der Waals surface area contributed by atoms with Crippen LogP contribution >= 0.6 is 11.6 Å². The van der Waals surface area contributed by atoms with Gasteiger partial charge in [0, 0.05) is 56.3 Å². The van der Waals surface area contributed by atoms with Crippen LogP contribution in [0, 0.1) is 5.92 Å². The van der Waals surface area contributed by atoms with Gasteiger partial charge in [-0.15, -0.1) is 0 Å². The van der Waals surface area contributed by atoms with Gasteiger partial charge in [0.25, 0.3) is 5.91 Å². The monoisotopic (exact) mass is 422 g/mol. The lowest BCUT2D eigenvalue weighted by Crippen LogP contribution is -2.49. The highest BCUT2D eigenvalue weighted by Crippen LogP contribution is 2.40. The normalized spacial score (nSPS) is 25.4. The molecule has 1 fully saturated rings. The first-order chi connectivity index (χ1) is 14.0. The molecule has 0 spiro atoms. The molecule has 0 bridgehead atoms. The summed E-state index contributed by atoms with van der Waals surface area (Å²) >= 11 is 6.08. The highest BCUT2D eigenvalue weighted by atomic mass is 35.5. The number of hydrogen-bond acceptors (Lipinski definition) is 5. The molecule has 0 aromatic heterocycles. The Bertz CT molecular complexity index is 701. The molecule has 1 aromatic rings. The predicted octanol–water partition coefficient (Wildman–Crippen LogP) is 2.86. The van der Waals surface area contributed by atoms with Gasteiger partial charge in [0.15, 0.2) is 5.76 Å². The van der Waals surface area contributed by atoms with E-state index in [0.29, 0.717) is 36.9 Å². The maximum Gasteiger partial charge on any atom is 0.288 e. The maximum atomic E-state index is 13.2. The Morgan fingerprint density at radius 1 is 1.24 bits per heavy atom. The summed E-state index contributed by atoms with van der Waals surface area (Å²) < 4.78 is 12.0.